The molecule has 0 amide bonds. The average molecular weight is 440 g/mol. The zero-order valence-corrected chi connectivity index (χ0v) is 18.1. The van der Waals surface area contributed by atoms with Crippen molar-refractivity contribution < 1.29 is 19.1 Å². The van der Waals surface area contributed by atoms with Gasteiger partial charge in [0, 0.05) is 19.7 Å². The number of rotatable bonds is 8. The van der Waals surface area contributed by atoms with Gasteiger partial charge in [-0.1, -0.05) is 25.5 Å². The Morgan fingerprint density at radius 3 is 2.56 bits per heavy atom. The van der Waals surface area contributed by atoms with E-state index in [1.54, 1.807) is 37.4 Å². The molecule has 0 bridgehead atoms. The highest BCUT2D eigenvalue weighted by molar-refractivity contribution is 5.90. The first kappa shape index (κ1) is 22.7. The van der Waals surface area contributed by atoms with Crippen LogP contribution in [0, 0.1) is 0 Å². The summed E-state index contributed by atoms with van der Waals surface area (Å²) in [6, 6.07) is 6.52. The molecule has 3 rings (SSSR count). The Morgan fingerprint density at radius 2 is 1.91 bits per heavy atom. The average Bonchev–Trinajstić information content (AvgIpc) is 3.12. The number of carbonyl (C=O) groups is 2. The van der Waals surface area contributed by atoms with Crippen LogP contribution in [0.25, 0.3) is 17.2 Å². The first-order valence-corrected chi connectivity index (χ1v) is 10.1. The summed E-state index contributed by atoms with van der Waals surface area (Å²) in [4.78, 5) is 54.7. The molecule has 0 atom stereocenters. The molecule has 10 nitrogen and oxygen atoms in total. The molecule has 1 N–H and O–H groups in total. The molecule has 1 aromatic carbocycles. The molecule has 0 radical (unpaired) electrons. The number of unbranched alkanes of at least 4 members (excludes halogenated alkanes) is 1. The van der Waals surface area contributed by atoms with Crippen LogP contribution in [0.5, 0.6) is 0 Å². The molecular formula is C22H24N4O6. The van der Waals surface area contributed by atoms with Gasteiger partial charge < -0.3 is 14.0 Å². The van der Waals surface area contributed by atoms with E-state index < -0.39 is 23.2 Å². The molecule has 0 spiro atoms. The van der Waals surface area contributed by atoms with Crippen molar-refractivity contribution in [1.29, 1.82) is 0 Å². The monoisotopic (exact) mass is 440 g/mol. The second kappa shape index (κ2) is 9.90. The van der Waals surface area contributed by atoms with Crippen LogP contribution >= 0.6 is 0 Å². The molecule has 32 heavy (non-hydrogen) atoms. The van der Waals surface area contributed by atoms with Crippen molar-refractivity contribution in [3.05, 3.63) is 68.1 Å². The second-order valence-electron chi connectivity index (χ2n) is 7.08. The van der Waals surface area contributed by atoms with Gasteiger partial charge in [0.15, 0.2) is 11.2 Å². The van der Waals surface area contributed by atoms with Gasteiger partial charge in [-0.2, -0.15) is 0 Å². The van der Waals surface area contributed by atoms with Crippen LogP contribution in [0.3, 0.4) is 0 Å². The number of esters is 2. The number of aromatic nitrogens is 4. The van der Waals surface area contributed by atoms with Crippen LogP contribution in [-0.4, -0.2) is 38.2 Å². The maximum Gasteiger partial charge on any atom is 0.337 e. The number of hydrogen-bond donors (Lipinski definition) is 1. The molecule has 0 unspecified atom stereocenters. The molecule has 10 heteroatoms. The number of benzene rings is 1. The summed E-state index contributed by atoms with van der Waals surface area (Å²) in [5.41, 5.74) is 0.555. The van der Waals surface area contributed by atoms with Crippen LogP contribution in [0.2, 0.25) is 0 Å². The fourth-order valence-corrected chi connectivity index (χ4v) is 3.14. The Kier molecular flexibility index (Phi) is 7.04. The van der Waals surface area contributed by atoms with Crippen molar-refractivity contribution in [2.24, 2.45) is 7.05 Å². The standard InChI is InChI=1S/C22H24N4O6/c1-4-5-12-26-19-18(20(28)24-22(26)30)25(2)16(23-19)13-32-17(27)11-8-14-6-9-15(10-7-14)21(29)31-3/h6-11H,4-5,12-13H2,1-3H3,(H,24,28,30)/b11-8+. The number of aryl methyl sites for hydroxylation is 2. The summed E-state index contributed by atoms with van der Waals surface area (Å²) in [7, 11) is 2.93. The summed E-state index contributed by atoms with van der Waals surface area (Å²) in [6.45, 7) is 2.26. The van der Waals surface area contributed by atoms with Crippen molar-refractivity contribution in [1.82, 2.24) is 19.1 Å². The molecule has 3 aromatic rings. The predicted octanol–water partition coefficient (Wildman–Crippen LogP) is 1.77. The number of hydrogen-bond acceptors (Lipinski definition) is 7. The molecule has 168 valence electrons. The maximum atomic E-state index is 12.3. The number of nitrogens with zero attached hydrogens (tertiary/aromatic N) is 3. The highest BCUT2D eigenvalue weighted by Crippen LogP contribution is 2.12. The van der Waals surface area contributed by atoms with E-state index in [1.807, 2.05) is 6.92 Å². The number of H-pyrrole nitrogens is 1. The topological polar surface area (TPSA) is 125 Å². The summed E-state index contributed by atoms with van der Waals surface area (Å²) >= 11 is 0. The third kappa shape index (κ3) is 4.85. The third-order valence-corrected chi connectivity index (χ3v) is 4.93. The van der Waals surface area contributed by atoms with Crippen molar-refractivity contribution in [3.8, 4) is 0 Å². The predicted molar refractivity (Wildman–Crippen MR) is 117 cm³/mol. The molecule has 2 heterocycles. The number of carbonyl (C=O) groups excluding carboxylic acids is 2. The van der Waals surface area contributed by atoms with Crippen molar-refractivity contribution >= 4 is 29.2 Å². The first-order chi connectivity index (χ1) is 15.3. The minimum absolute atomic E-state index is 0.170. The molecule has 2 aromatic heterocycles. The van der Waals surface area contributed by atoms with Gasteiger partial charge in [0.1, 0.15) is 12.4 Å². The quantitative estimate of drug-likeness (QED) is 0.418. The van der Waals surface area contributed by atoms with E-state index in [-0.39, 0.29) is 17.8 Å². The first-order valence-electron chi connectivity index (χ1n) is 10.1. The second-order valence-corrected chi connectivity index (χ2v) is 7.08. The van der Waals surface area contributed by atoms with E-state index in [4.69, 9.17) is 4.74 Å². The van der Waals surface area contributed by atoms with E-state index in [2.05, 4.69) is 14.7 Å². The molecule has 0 saturated carbocycles. The summed E-state index contributed by atoms with van der Waals surface area (Å²) in [6.07, 6.45) is 4.43. The summed E-state index contributed by atoms with van der Waals surface area (Å²) in [5, 5.41) is 0. The number of imidazole rings is 1. The Hall–Kier alpha value is -3.95. The van der Waals surface area contributed by atoms with Crippen LogP contribution < -0.4 is 11.2 Å². The highest BCUT2D eigenvalue weighted by atomic mass is 16.5. The summed E-state index contributed by atoms with van der Waals surface area (Å²) < 4.78 is 12.8. The van der Waals surface area contributed by atoms with Crippen LogP contribution in [-0.2, 0) is 34.5 Å². The van der Waals surface area contributed by atoms with Gasteiger partial charge in [0.05, 0.1) is 12.7 Å². The van der Waals surface area contributed by atoms with Crippen LogP contribution in [0.1, 0.15) is 41.5 Å². The maximum absolute atomic E-state index is 12.3. The van der Waals surface area contributed by atoms with Gasteiger partial charge in [-0.05, 0) is 30.2 Å². The number of aromatic amines is 1. The normalized spacial score (nSPS) is 11.2. The molecule has 0 aliphatic carbocycles. The lowest BCUT2D eigenvalue weighted by Gasteiger charge is -2.04. The third-order valence-electron chi connectivity index (χ3n) is 4.93. The Morgan fingerprint density at radius 1 is 1.19 bits per heavy atom. The van der Waals surface area contributed by atoms with Gasteiger partial charge in [-0.3, -0.25) is 14.3 Å². The number of fused-ring (bicyclic) bond motifs is 1. The molecular weight excluding hydrogens is 416 g/mol. The van der Waals surface area contributed by atoms with Gasteiger partial charge in [0.2, 0.25) is 0 Å². The Labute approximate surface area is 183 Å². The molecule has 0 saturated heterocycles. The van der Waals surface area contributed by atoms with E-state index in [9.17, 15) is 19.2 Å². The minimum Gasteiger partial charge on any atom is -0.465 e. The Bertz CT molecular complexity index is 1280. The minimum atomic E-state index is -0.605. The fraction of sp³-hybridized carbons (Fsp3) is 0.318. The molecule has 0 aliphatic rings. The summed E-state index contributed by atoms with van der Waals surface area (Å²) in [5.74, 6) is -0.710. The number of nitrogens with one attached hydrogen (secondary N) is 1. The smallest absolute Gasteiger partial charge is 0.337 e. The number of ether oxygens (including phenoxy) is 2. The van der Waals surface area contributed by atoms with Crippen molar-refractivity contribution in [3.63, 3.8) is 0 Å². The van der Waals surface area contributed by atoms with Crippen LogP contribution in [0.4, 0.5) is 0 Å². The highest BCUT2D eigenvalue weighted by Gasteiger charge is 2.17. The number of methoxy groups -OCH3 is 1. The van der Waals surface area contributed by atoms with E-state index in [1.165, 1.54) is 22.3 Å². The zero-order valence-electron chi connectivity index (χ0n) is 18.1. The zero-order chi connectivity index (χ0) is 23.3. The lowest BCUT2D eigenvalue weighted by atomic mass is 10.1. The largest absolute Gasteiger partial charge is 0.465 e. The van der Waals surface area contributed by atoms with Crippen molar-refractivity contribution in [2.45, 2.75) is 32.9 Å². The molecule has 0 aliphatic heterocycles. The van der Waals surface area contributed by atoms with Gasteiger partial charge in [-0.25, -0.2) is 19.4 Å². The lowest BCUT2D eigenvalue weighted by Crippen LogP contribution is -2.31. The van der Waals surface area contributed by atoms with E-state index >= 15 is 0 Å². The van der Waals surface area contributed by atoms with Gasteiger partial charge in [-0.15, -0.1) is 0 Å². The SMILES string of the molecule is CCCCn1c(=O)[nH]c(=O)c2c1nc(COC(=O)/C=C/c1ccc(C(=O)OC)cc1)n2C. The Balaban J connectivity index is 1.73. The van der Waals surface area contributed by atoms with Crippen molar-refractivity contribution in [2.75, 3.05) is 7.11 Å². The van der Waals surface area contributed by atoms with Gasteiger partial charge >= 0.3 is 17.6 Å². The van der Waals surface area contributed by atoms with Gasteiger partial charge in [0.25, 0.3) is 5.56 Å². The lowest BCUT2D eigenvalue weighted by molar-refractivity contribution is -0.139. The van der Waals surface area contributed by atoms with E-state index in [0.717, 1.165) is 12.8 Å². The fourth-order valence-electron chi connectivity index (χ4n) is 3.14. The molecule has 0 fully saturated rings. The van der Waals surface area contributed by atoms with E-state index in [0.29, 0.717) is 23.5 Å². The van der Waals surface area contributed by atoms with Crippen LogP contribution in [0.15, 0.2) is 39.9 Å².